The van der Waals surface area contributed by atoms with Crippen molar-refractivity contribution >= 4 is 17.7 Å². The summed E-state index contributed by atoms with van der Waals surface area (Å²) in [6.07, 6.45) is 1.53. The lowest BCUT2D eigenvalue weighted by molar-refractivity contribution is -0.138. The van der Waals surface area contributed by atoms with Crippen LogP contribution in [0, 0.1) is 11.3 Å². The summed E-state index contributed by atoms with van der Waals surface area (Å²) in [6, 6.07) is 9.52. The molecule has 5 nitrogen and oxygen atoms in total. The third-order valence-electron chi connectivity index (χ3n) is 3.26. The minimum Gasteiger partial charge on any atom is -0.459 e. The number of anilines is 1. The molecule has 1 unspecified atom stereocenters. The zero-order valence-corrected chi connectivity index (χ0v) is 12.2. The van der Waals surface area contributed by atoms with Gasteiger partial charge in [-0.3, -0.25) is 0 Å². The number of carbonyl (C=O) groups excluding carboxylic acids is 1. The van der Waals surface area contributed by atoms with E-state index in [1.807, 2.05) is 37.4 Å². The van der Waals surface area contributed by atoms with Gasteiger partial charge < -0.3 is 14.4 Å². The number of hydrogen-bond donors (Lipinski definition) is 0. The first-order valence-electron chi connectivity index (χ1n) is 6.85. The van der Waals surface area contributed by atoms with Gasteiger partial charge in [-0.05, 0) is 30.7 Å². The normalized spacial score (nSPS) is 17.0. The van der Waals surface area contributed by atoms with E-state index in [0.29, 0.717) is 6.61 Å². The highest BCUT2D eigenvalue weighted by molar-refractivity contribution is 5.97. The van der Waals surface area contributed by atoms with Crippen molar-refractivity contribution in [2.45, 2.75) is 13.0 Å². The monoisotopic (exact) mass is 286 g/mol. The largest absolute Gasteiger partial charge is 0.459 e. The highest BCUT2D eigenvalue weighted by Crippen LogP contribution is 2.16. The average Bonchev–Trinajstić information content (AvgIpc) is 3.34. The van der Waals surface area contributed by atoms with Gasteiger partial charge >= 0.3 is 5.97 Å². The zero-order chi connectivity index (χ0) is 15.2. The van der Waals surface area contributed by atoms with Crippen molar-refractivity contribution in [3.8, 4) is 6.07 Å². The maximum absolute atomic E-state index is 11.8. The summed E-state index contributed by atoms with van der Waals surface area (Å²) in [5, 5.41) is 9.06. The summed E-state index contributed by atoms with van der Waals surface area (Å²) >= 11 is 0. The summed E-state index contributed by atoms with van der Waals surface area (Å²) in [7, 11) is 2.00. The van der Waals surface area contributed by atoms with Crippen LogP contribution < -0.4 is 4.90 Å². The molecule has 2 rings (SSSR count). The number of nitrogens with zero attached hydrogens (tertiary/aromatic N) is 2. The van der Waals surface area contributed by atoms with Gasteiger partial charge in [0, 0.05) is 19.3 Å². The lowest BCUT2D eigenvalue weighted by Gasteiger charge is -2.16. The molecule has 21 heavy (non-hydrogen) atoms. The highest BCUT2D eigenvalue weighted by atomic mass is 16.6. The predicted molar refractivity (Wildman–Crippen MR) is 79.7 cm³/mol. The molecule has 0 spiro atoms. The molecule has 1 atom stereocenters. The Morgan fingerprint density at radius 2 is 2.19 bits per heavy atom. The van der Waals surface area contributed by atoms with Crippen LogP contribution in [0.25, 0.3) is 6.08 Å². The summed E-state index contributed by atoms with van der Waals surface area (Å²) in [5.74, 6) is -0.609. The second kappa shape index (κ2) is 6.91. The van der Waals surface area contributed by atoms with Crippen LogP contribution in [0.2, 0.25) is 0 Å². The molecular weight excluding hydrogens is 268 g/mol. The van der Waals surface area contributed by atoms with E-state index in [0.717, 1.165) is 17.8 Å². The van der Waals surface area contributed by atoms with E-state index in [1.165, 1.54) is 6.08 Å². The quantitative estimate of drug-likeness (QED) is 0.346. The molecule has 0 bridgehead atoms. The van der Waals surface area contributed by atoms with E-state index in [-0.39, 0.29) is 18.3 Å². The Labute approximate surface area is 124 Å². The predicted octanol–water partition coefficient (Wildman–Crippen LogP) is 1.99. The van der Waals surface area contributed by atoms with Gasteiger partial charge in [-0.1, -0.05) is 12.1 Å². The van der Waals surface area contributed by atoms with Crippen molar-refractivity contribution in [1.29, 1.82) is 5.26 Å². The standard InChI is InChI=1S/C16H18N2O3/c1-3-18(2)14-6-4-12(5-7-14)8-13(9-17)16(19)21-11-15-10-20-15/h4-8,15H,3,10-11H2,1-2H3/b13-8+. The third-order valence-corrected chi connectivity index (χ3v) is 3.26. The number of esters is 1. The minimum atomic E-state index is -0.609. The first-order valence-corrected chi connectivity index (χ1v) is 6.85. The van der Waals surface area contributed by atoms with Crippen LogP contribution in [-0.2, 0) is 14.3 Å². The molecule has 0 N–H and O–H groups in total. The van der Waals surface area contributed by atoms with Crippen molar-refractivity contribution in [2.24, 2.45) is 0 Å². The Bertz CT molecular complexity index is 568. The fourth-order valence-electron chi connectivity index (χ4n) is 1.72. The molecule has 0 saturated carbocycles. The van der Waals surface area contributed by atoms with Gasteiger partial charge in [0.05, 0.1) is 6.61 Å². The second-order valence-corrected chi connectivity index (χ2v) is 4.83. The number of carbonyl (C=O) groups is 1. The van der Waals surface area contributed by atoms with E-state index < -0.39 is 5.97 Å². The Balaban J connectivity index is 2.04. The smallest absolute Gasteiger partial charge is 0.348 e. The van der Waals surface area contributed by atoms with Crippen LogP contribution in [0.3, 0.4) is 0 Å². The van der Waals surface area contributed by atoms with Gasteiger partial charge in [-0.25, -0.2) is 4.79 Å². The molecule has 1 heterocycles. The minimum absolute atomic E-state index is 0.00208. The average molecular weight is 286 g/mol. The molecule has 1 aliphatic heterocycles. The molecule has 0 amide bonds. The first kappa shape index (κ1) is 15.1. The molecule has 1 fully saturated rings. The topological polar surface area (TPSA) is 65.9 Å². The fraction of sp³-hybridized carbons (Fsp3) is 0.375. The van der Waals surface area contributed by atoms with E-state index in [2.05, 4.69) is 11.8 Å². The van der Waals surface area contributed by atoms with Gasteiger partial charge in [0.25, 0.3) is 0 Å². The number of hydrogen-bond acceptors (Lipinski definition) is 5. The first-order chi connectivity index (χ1) is 10.1. The SMILES string of the molecule is CCN(C)c1ccc(/C=C(\C#N)C(=O)OCC2CO2)cc1. The van der Waals surface area contributed by atoms with Crippen LogP contribution in [0.4, 0.5) is 5.69 Å². The highest BCUT2D eigenvalue weighted by Gasteiger charge is 2.25. The molecule has 5 heteroatoms. The molecule has 1 aliphatic rings. The van der Waals surface area contributed by atoms with Crippen LogP contribution in [0.1, 0.15) is 12.5 Å². The molecular formula is C16H18N2O3. The molecule has 0 radical (unpaired) electrons. The van der Waals surface area contributed by atoms with E-state index in [1.54, 1.807) is 0 Å². The molecule has 0 aliphatic carbocycles. The van der Waals surface area contributed by atoms with Crippen molar-refractivity contribution < 1.29 is 14.3 Å². The van der Waals surface area contributed by atoms with E-state index in [9.17, 15) is 4.79 Å². The van der Waals surface area contributed by atoms with Crippen LogP contribution in [0.5, 0.6) is 0 Å². The molecule has 1 aromatic rings. The number of nitriles is 1. The summed E-state index contributed by atoms with van der Waals surface area (Å²) in [5.41, 5.74) is 1.87. The van der Waals surface area contributed by atoms with Crippen LogP contribution in [-0.4, -0.2) is 38.9 Å². The van der Waals surface area contributed by atoms with Crippen LogP contribution in [0.15, 0.2) is 29.8 Å². The van der Waals surface area contributed by atoms with Crippen molar-refractivity contribution in [2.75, 3.05) is 31.7 Å². The summed E-state index contributed by atoms with van der Waals surface area (Å²) < 4.78 is 9.96. The van der Waals surface area contributed by atoms with Gasteiger partial charge in [-0.2, -0.15) is 5.26 Å². The number of epoxide rings is 1. The molecule has 0 aromatic heterocycles. The third kappa shape index (κ3) is 4.33. The van der Waals surface area contributed by atoms with Crippen molar-refractivity contribution in [3.63, 3.8) is 0 Å². The molecule has 1 saturated heterocycles. The lowest BCUT2D eigenvalue weighted by Crippen LogP contribution is -2.15. The number of rotatable bonds is 6. The van der Waals surface area contributed by atoms with Gasteiger partial charge in [0.2, 0.25) is 0 Å². The summed E-state index contributed by atoms with van der Waals surface area (Å²) in [4.78, 5) is 13.9. The number of benzene rings is 1. The number of ether oxygens (including phenoxy) is 2. The Kier molecular flexibility index (Phi) is 4.96. The lowest BCUT2D eigenvalue weighted by atomic mass is 10.1. The molecule has 110 valence electrons. The summed E-state index contributed by atoms with van der Waals surface area (Å²) in [6.45, 7) is 3.80. The van der Waals surface area contributed by atoms with Crippen molar-refractivity contribution in [3.05, 3.63) is 35.4 Å². The maximum Gasteiger partial charge on any atom is 0.348 e. The zero-order valence-electron chi connectivity index (χ0n) is 12.2. The Hall–Kier alpha value is -2.32. The Morgan fingerprint density at radius 1 is 1.52 bits per heavy atom. The second-order valence-electron chi connectivity index (χ2n) is 4.83. The molecule has 1 aromatic carbocycles. The fourth-order valence-corrected chi connectivity index (χ4v) is 1.72. The van der Waals surface area contributed by atoms with Crippen molar-refractivity contribution in [1.82, 2.24) is 0 Å². The van der Waals surface area contributed by atoms with Gasteiger partial charge in [-0.15, -0.1) is 0 Å². The maximum atomic E-state index is 11.8. The van der Waals surface area contributed by atoms with Gasteiger partial charge in [0.15, 0.2) is 0 Å². The van der Waals surface area contributed by atoms with Crippen LogP contribution >= 0.6 is 0 Å². The van der Waals surface area contributed by atoms with Gasteiger partial charge in [0.1, 0.15) is 24.4 Å². The Morgan fingerprint density at radius 3 is 2.71 bits per heavy atom. The van der Waals surface area contributed by atoms with E-state index in [4.69, 9.17) is 14.7 Å². The van der Waals surface area contributed by atoms with E-state index >= 15 is 0 Å².